The fraction of sp³-hybridized carbons (Fsp3) is 0.143. The fourth-order valence-electron chi connectivity index (χ4n) is 1.72. The monoisotopic (exact) mass is 311 g/mol. The van der Waals surface area contributed by atoms with E-state index in [-0.39, 0.29) is 11.4 Å². The number of nitrogens with two attached hydrogens (primary N) is 1. The van der Waals surface area contributed by atoms with Gasteiger partial charge < -0.3 is 5.73 Å². The van der Waals surface area contributed by atoms with Gasteiger partial charge in [0.05, 0.1) is 11.4 Å². The number of halogens is 3. The van der Waals surface area contributed by atoms with Crippen LogP contribution in [0.1, 0.15) is 11.3 Å². The number of nitrogens with one attached hydrogen (secondary N) is 1. The Morgan fingerprint density at radius 2 is 2.10 bits per heavy atom. The number of hydrogen-bond donors (Lipinski definition) is 2. The first-order chi connectivity index (χ1) is 9.79. The van der Waals surface area contributed by atoms with E-state index in [0.29, 0.717) is 6.08 Å². The van der Waals surface area contributed by atoms with Crippen molar-refractivity contribution in [3.8, 4) is 11.1 Å². The van der Waals surface area contributed by atoms with Crippen LogP contribution in [0.3, 0.4) is 0 Å². The number of allylic oxidation sites excluding steroid dienone is 1. The molecule has 2 rings (SSSR count). The predicted molar refractivity (Wildman–Crippen MR) is 78.2 cm³/mol. The molecule has 0 amide bonds. The molecule has 0 unspecified atom stereocenters. The number of aromatic nitrogens is 1. The lowest BCUT2D eigenvalue weighted by Crippen LogP contribution is -2.20. The van der Waals surface area contributed by atoms with Crippen LogP contribution in [-0.2, 0) is 0 Å². The SMILES string of the molecule is Cc1cscc1-c1ccnc(/C(N)=C/C(=N)C(F)(F)F)c1. The average molecular weight is 311 g/mol. The molecule has 110 valence electrons. The zero-order valence-corrected chi connectivity index (χ0v) is 11.8. The van der Waals surface area contributed by atoms with Crippen LogP contribution in [0.2, 0.25) is 0 Å². The lowest BCUT2D eigenvalue weighted by molar-refractivity contribution is -0.0583. The normalized spacial score (nSPS) is 12.5. The molecule has 2 heterocycles. The molecule has 0 atom stereocenters. The molecule has 3 nitrogen and oxygen atoms in total. The van der Waals surface area contributed by atoms with Gasteiger partial charge in [-0.2, -0.15) is 24.5 Å². The van der Waals surface area contributed by atoms with Crippen LogP contribution in [0.15, 0.2) is 35.2 Å². The first kappa shape index (κ1) is 15.2. The third-order valence-electron chi connectivity index (χ3n) is 2.83. The van der Waals surface area contributed by atoms with Gasteiger partial charge in [0, 0.05) is 6.20 Å². The summed E-state index contributed by atoms with van der Waals surface area (Å²) < 4.78 is 37.0. The molecule has 7 heteroatoms. The second kappa shape index (κ2) is 5.69. The Balaban J connectivity index is 2.36. The van der Waals surface area contributed by atoms with Gasteiger partial charge in [0.15, 0.2) is 0 Å². The van der Waals surface area contributed by atoms with E-state index in [4.69, 9.17) is 11.1 Å². The van der Waals surface area contributed by atoms with Crippen molar-refractivity contribution in [2.45, 2.75) is 13.1 Å². The molecule has 0 aliphatic carbocycles. The summed E-state index contributed by atoms with van der Waals surface area (Å²) in [4.78, 5) is 3.96. The number of aryl methyl sites for hydroxylation is 1. The molecule has 0 bridgehead atoms. The highest BCUT2D eigenvalue weighted by atomic mass is 32.1. The minimum atomic E-state index is -4.72. The summed E-state index contributed by atoms with van der Waals surface area (Å²) in [6, 6.07) is 3.38. The molecule has 0 aliphatic rings. The quantitative estimate of drug-likeness (QED) is 0.842. The fourth-order valence-corrected chi connectivity index (χ4v) is 2.58. The Morgan fingerprint density at radius 1 is 1.38 bits per heavy atom. The first-order valence-corrected chi connectivity index (χ1v) is 6.86. The number of rotatable bonds is 3. The molecule has 0 aromatic carbocycles. The summed E-state index contributed by atoms with van der Waals surface area (Å²) in [5.74, 6) is 0. The summed E-state index contributed by atoms with van der Waals surface area (Å²) >= 11 is 1.54. The van der Waals surface area contributed by atoms with Crippen molar-refractivity contribution in [1.82, 2.24) is 4.98 Å². The number of alkyl halides is 3. The average Bonchev–Trinajstić information content (AvgIpc) is 2.84. The predicted octanol–water partition coefficient (Wildman–Crippen LogP) is 4.00. The summed E-state index contributed by atoms with van der Waals surface area (Å²) in [5.41, 5.74) is 7.03. The van der Waals surface area contributed by atoms with Crippen molar-refractivity contribution >= 4 is 22.7 Å². The Bertz CT molecular complexity index is 701. The lowest BCUT2D eigenvalue weighted by atomic mass is 10.1. The maximum Gasteiger partial charge on any atom is 0.432 e. The highest BCUT2D eigenvalue weighted by Crippen LogP contribution is 2.27. The Labute approximate surface area is 123 Å². The summed E-state index contributed by atoms with van der Waals surface area (Å²) in [7, 11) is 0. The van der Waals surface area contributed by atoms with E-state index in [1.807, 2.05) is 17.7 Å². The molecule has 0 aliphatic heterocycles. The molecule has 2 aromatic heterocycles. The summed E-state index contributed by atoms with van der Waals surface area (Å²) in [6.45, 7) is 1.95. The number of pyridine rings is 1. The summed E-state index contributed by atoms with van der Waals surface area (Å²) in [5, 5.41) is 10.9. The van der Waals surface area contributed by atoms with Crippen molar-refractivity contribution in [3.63, 3.8) is 0 Å². The molecule has 0 spiro atoms. The van der Waals surface area contributed by atoms with Gasteiger partial charge in [-0.25, -0.2) is 0 Å². The Morgan fingerprint density at radius 3 is 2.67 bits per heavy atom. The van der Waals surface area contributed by atoms with Gasteiger partial charge in [-0.3, -0.25) is 10.4 Å². The summed E-state index contributed by atoms with van der Waals surface area (Å²) in [6.07, 6.45) is -2.65. The largest absolute Gasteiger partial charge is 0.432 e. The van der Waals surface area contributed by atoms with Gasteiger partial charge in [0.1, 0.15) is 5.71 Å². The molecule has 0 saturated heterocycles. The molecule has 0 fully saturated rings. The standard InChI is InChI=1S/C14H12F3N3S/c1-8-6-21-7-10(8)9-2-3-20-12(4-9)11(18)5-13(19)14(15,16)17/h2-7,19H,18H2,1H3/b11-5-,19-13?. The van der Waals surface area contributed by atoms with Gasteiger partial charge >= 0.3 is 6.18 Å². The van der Waals surface area contributed by atoms with Crippen LogP contribution in [-0.4, -0.2) is 16.9 Å². The van der Waals surface area contributed by atoms with E-state index in [9.17, 15) is 13.2 Å². The Hall–Kier alpha value is -2.15. The topological polar surface area (TPSA) is 62.8 Å². The smallest absolute Gasteiger partial charge is 0.397 e. The minimum Gasteiger partial charge on any atom is -0.397 e. The van der Waals surface area contributed by atoms with E-state index in [2.05, 4.69) is 4.98 Å². The van der Waals surface area contributed by atoms with E-state index in [0.717, 1.165) is 16.7 Å². The third kappa shape index (κ3) is 3.49. The van der Waals surface area contributed by atoms with E-state index in [1.54, 1.807) is 23.5 Å². The van der Waals surface area contributed by atoms with Crippen molar-refractivity contribution in [2.24, 2.45) is 5.73 Å². The molecule has 2 aromatic rings. The lowest BCUT2D eigenvalue weighted by Gasteiger charge is -2.07. The maximum absolute atomic E-state index is 12.3. The number of nitrogens with zero attached hydrogens (tertiary/aromatic N) is 1. The van der Waals surface area contributed by atoms with Gasteiger partial charge in [-0.05, 0) is 52.6 Å². The van der Waals surface area contributed by atoms with Crippen molar-refractivity contribution < 1.29 is 13.2 Å². The van der Waals surface area contributed by atoms with Crippen LogP contribution in [0, 0.1) is 12.3 Å². The van der Waals surface area contributed by atoms with E-state index >= 15 is 0 Å². The second-order valence-corrected chi connectivity index (χ2v) is 5.15. The van der Waals surface area contributed by atoms with Gasteiger partial charge in [-0.15, -0.1) is 0 Å². The first-order valence-electron chi connectivity index (χ1n) is 5.91. The van der Waals surface area contributed by atoms with Gasteiger partial charge in [-0.1, -0.05) is 0 Å². The van der Waals surface area contributed by atoms with E-state index in [1.165, 1.54) is 6.20 Å². The Kier molecular flexibility index (Phi) is 4.13. The second-order valence-electron chi connectivity index (χ2n) is 4.41. The van der Waals surface area contributed by atoms with Crippen molar-refractivity contribution in [1.29, 1.82) is 5.41 Å². The van der Waals surface area contributed by atoms with Gasteiger partial charge in [0.25, 0.3) is 0 Å². The van der Waals surface area contributed by atoms with Crippen LogP contribution < -0.4 is 5.73 Å². The van der Waals surface area contributed by atoms with Crippen LogP contribution in [0.4, 0.5) is 13.2 Å². The van der Waals surface area contributed by atoms with Crippen LogP contribution >= 0.6 is 11.3 Å². The molecule has 0 saturated carbocycles. The molecular weight excluding hydrogens is 299 g/mol. The number of hydrogen-bond acceptors (Lipinski definition) is 4. The third-order valence-corrected chi connectivity index (χ3v) is 3.69. The maximum atomic E-state index is 12.3. The highest BCUT2D eigenvalue weighted by Gasteiger charge is 2.32. The van der Waals surface area contributed by atoms with Crippen LogP contribution in [0.5, 0.6) is 0 Å². The molecule has 21 heavy (non-hydrogen) atoms. The minimum absolute atomic E-state index is 0.188. The highest BCUT2D eigenvalue weighted by molar-refractivity contribution is 7.08. The zero-order chi connectivity index (χ0) is 15.6. The number of thiophene rings is 1. The zero-order valence-electron chi connectivity index (χ0n) is 11.0. The van der Waals surface area contributed by atoms with E-state index < -0.39 is 11.9 Å². The van der Waals surface area contributed by atoms with Crippen molar-refractivity contribution in [3.05, 3.63) is 46.4 Å². The van der Waals surface area contributed by atoms with Crippen LogP contribution in [0.25, 0.3) is 16.8 Å². The van der Waals surface area contributed by atoms with Gasteiger partial charge in [0.2, 0.25) is 0 Å². The molecule has 3 N–H and O–H groups in total. The molecular formula is C14H12F3N3S. The van der Waals surface area contributed by atoms with Crippen molar-refractivity contribution in [2.75, 3.05) is 0 Å². The molecule has 0 radical (unpaired) electrons.